The number of benzene rings is 1. The number of pyridine rings is 1. The van der Waals surface area contributed by atoms with E-state index >= 15 is 0 Å². The van der Waals surface area contributed by atoms with Crippen molar-refractivity contribution in [1.82, 2.24) is 9.88 Å². The number of hydrogen-bond acceptors (Lipinski definition) is 7. The summed E-state index contributed by atoms with van der Waals surface area (Å²) < 4.78 is 5.41. The predicted molar refractivity (Wildman–Crippen MR) is 119 cm³/mol. The summed E-state index contributed by atoms with van der Waals surface area (Å²) in [5.74, 6) is 0.587. The van der Waals surface area contributed by atoms with Crippen molar-refractivity contribution < 1.29 is 9.53 Å². The Morgan fingerprint density at radius 3 is 2.90 bits per heavy atom. The van der Waals surface area contributed by atoms with E-state index in [-0.39, 0.29) is 12.1 Å². The van der Waals surface area contributed by atoms with Crippen LogP contribution in [0.15, 0.2) is 42.1 Å². The van der Waals surface area contributed by atoms with Gasteiger partial charge in [0.05, 0.1) is 23.6 Å². The van der Waals surface area contributed by atoms with Gasteiger partial charge in [-0.15, -0.1) is 0 Å². The fraction of sp³-hybridized carbons (Fsp3) is 0.391. The molecule has 30 heavy (non-hydrogen) atoms. The number of aromatic nitrogens is 1. The summed E-state index contributed by atoms with van der Waals surface area (Å²) in [6.45, 7) is 6.24. The highest BCUT2D eigenvalue weighted by Gasteiger charge is 2.41. The third kappa shape index (κ3) is 3.10. The van der Waals surface area contributed by atoms with Crippen LogP contribution in [0.4, 0.5) is 22.9 Å². The lowest BCUT2D eigenvalue weighted by Gasteiger charge is -2.34. The Morgan fingerprint density at radius 2 is 2.03 bits per heavy atom. The maximum atomic E-state index is 12.9. The third-order valence-electron chi connectivity index (χ3n) is 6.05. The molecule has 156 valence electrons. The Morgan fingerprint density at radius 1 is 1.17 bits per heavy atom. The number of anilines is 4. The first-order valence-corrected chi connectivity index (χ1v) is 10.6. The Labute approximate surface area is 176 Å². The second kappa shape index (κ2) is 7.65. The number of likely N-dealkylation sites (N-methyl/N-ethyl adjacent to an activating group) is 1. The lowest BCUT2D eigenvalue weighted by Crippen LogP contribution is -2.40. The molecule has 0 bridgehead atoms. The average molecular weight is 406 g/mol. The standard InChI is InChI=1S/C23H27N5O2/c1-3-30-23(29)17-15-16-19(27-12-6-11-26(2)13-14-27)9-10-24-21(16)28-20-8-5-4-7-18(20)25-22(17)28/h4-5,7-10,15,22,25H,3,6,11-14H2,1-2H3. The summed E-state index contributed by atoms with van der Waals surface area (Å²) in [5.41, 5.74) is 4.74. The molecule has 1 aromatic carbocycles. The second-order valence-electron chi connectivity index (χ2n) is 7.97. The molecule has 3 aliphatic heterocycles. The fourth-order valence-electron chi connectivity index (χ4n) is 4.58. The number of nitrogens with zero attached hydrogens (tertiary/aromatic N) is 4. The van der Waals surface area contributed by atoms with E-state index < -0.39 is 0 Å². The maximum Gasteiger partial charge on any atom is 0.338 e. The SMILES string of the molecule is CCOC(=O)C1=Cc2c(N3CCCN(C)CC3)ccnc2N2c3ccccc3NC12. The molecule has 1 saturated heterocycles. The minimum atomic E-state index is -0.313. The second-order valence-corrected chi connectivity index (χ2v) is 7.97. The number of ether oxygens (including phenoxy) is 1. The highest BCUT2D eigenvalue weighted by Crippen LogP contribution is 2.47. The predicted octanol–water partition coefficient (Wildman–Crippen LogP) is 3.07. The molecular weight excluding hydrogens is 378 g/mol. The Bertz CT molecular complexity index is 1000. The van der Waals surface area contributed by atoms with Gasteiger partial charge in [-0.05, 0) is 51.2 Å². The molecule has 0 radical (unpaired) electrons. The summed E-state index contributed by atoms with van der Waals surface area (Å²) in [6.07, 6.45) is 4.65. The molecule has 7 heteroatoms. The van der Waals surface area contributed by atoms with Crippen molar-refractivity contribution in [2.75, 3.05) is 55.0 Å². The van der Waals surface area contributed by atoms with Gasteiger partial charge < -0.3 is 19.9 Å². The Hall–Kier alpha value is -3.06. The topological polar surface area (TPSA) is 60.9 Å². The van der Waals surface area contributed by atoms with E-state index in [1.807, 2.05) is 37.4 Å². The van der Waals surface area contributed by atoms with Crippen molar-refractivity contribution in [3.63, 3.8) is 0 Å². The van der Waals surface area contributed by atoms with Crippen molar-refractivity contribution in [2.45, 2.75) is 19.5 Å². The van der Waals surface area contributed by atoms with Crippen LogP contribution >= 0.6 is 0 Å². The number of nitrogens with one attached hydrogen (secondary N) is 1. The summed E-state index contributed by atoms with van der Waals surface area (Å²) in [7, 11) is 2.17. The molecule has 1 aromatic heterocycles. The number of rotatable bonds is 3. The number of hydrogen-bond donors (Lipinski definition) is 1. The lowest BCUT2D eigenvalue weighted by molar-refractivity contribution is -0.138. The number of para-hydroxylation sites is 2. The molecule has 7 nitrogen and oxygen atoms in total. The third-order valence-corrected chi connectivity index (χ3v) is 6.05. The maximum absolute atomic E-state index is 12.9. The lowest BCUT2D eigenvalue weighted by atomic mass is 10.0. The molecule has 4 heterocycles. The van der Waals surface area contributed by atoms with Crippen LogP contribution in [0, 0.1) is 0 Å². The molecule has 2 aromatic rings. The van der Waals surface area contributed by atoms with Crippen LogP contribution in [0.1, 0.15) is 18.9 Å². The van der Waals surface area contributed by atoms with Gasteiger partial charge in [-0.25, -0.2) is 9.78 Å². The first-order chi connectivity index (χ1) is 14.7. The highest BCUT2D eigenvalue weighted by molar-refractivity contribution is 6.04. The van der Waals surface area contributed by atoms with Crippen LogP contribution in [0.5, 0.6) is 0 Å². The van der Waals surface area contributed by atoms with E-state index in [1.165, 1.54) is 0 Å². The Kier molecular flexibility index (Phi) is 4.83. The zero-order chi connectivity index (χ0) is 20.7. The van der Waals surface area contributed by atoms with Crippen molar-refractivity contribution >= 4 is 34.9 Å². The van der Waals surface area contributed by atoms with Gasteiger partial charge in [-0.1, -0.05) is 12.1 Å². The number of carbonyl (C=O) groups is 1. The molecule has 3 aliphatic rings. The molecule has 0 saturated carbocycles. The van der Waals surface area contributed by atoms with Crippen molar-refractivity contribution in [3.05, 3.63) is 47.7 Å². The normalized spacial score (nSPS) is 20.5. The molecule has 0 amide bonds. The van der Waals surface area contributed by atoms with E-state index in [9.17, 15) is 4.79 Å². The summed E-state index contributed by atoms with van der Waals surface area (Å²) in [5, 5.41) is 3.48. The van der Waals surface area contributed by atoms with Crippen LogP contribution in [0.25, 0.3) is 6.08 Å². The fourth-order valence-corrected chi connectivity index (χ4v) is 4.58. The molecule has 1 unspecified atom stereocenters. The highest BCUT2D eigenvalue weighted by atomic mass is 16.5. The quantitative estimate of drug-likeness (QED) is 0.788. The van der Waals surface area contributed by atoms with E-state index in [1.54, 1.807) is 0 Å². The van der Waals surface area contributed by atoms with Crippen LogP contribution in [-0.4, -0.2) is 61.9 Å². The zero-order valence-corrected chi connectivity index (χ0v) is 17.5. The van der Waals surface area contributed by atoms with Crippen LogP contribution in [0.3, 0.4) is 0 Å². The van der Waals surface area contributed by atoms with Crippen LogP contribution in [0.2, 0.25) is 0 Å². The van der Waals surface area contributed by atoms with Gasteiger partial charge in [0.25, 0.3) is 0 Å². The number of carbonyl (C=O) groups excluding carboxylic acids is 1. The Balaban J connectivity index is 1.64. The minimum Gasteiger partial charge on any atom is -0.463 e. The monoisotopic (exact) mass is 405 g/mol. The van der Waals surface area contributed by atoms with E-state index in [2.05, 4.69) is 39.2 Å². The summed E-state index contributed by atoms with van der Waals surface area (Å²) in [6, 6.07) is 10.2. The van der Waals surface area contributed by atoms with Crippen molar-refractivity contribution in [3.8, 4) is 0 Å². The molecular formula is C23H27N5O2. The van der Waals surface area contributed by atoms with Gasteiger partial charge in [0, 0.05) is 37.1 Å². The molecule has 1 fully saturated rings. The molecule has 0 aliphatic carbocycles. The molecule has 5 rings (SSSR count). The van der Waals surface area contributed by atoms with Gasteiger partial charge in [0.2, 0.25) is 0 Å². The number of esters is 1. The van der Waals surface area contributed by atoms with E-state index in [4.69, 9.17) is 9.72 Å². The molecule has 1 N–H and O–H groups in total. The summed E-state index contributed by atoms with van der Waals surface area (Å²) in [4.78, 5) is 24.5. The molecule has 1 atom stereocenters. The van der Waals surface area contributed by atoms with Crippen molar-refractivity contribution in [2.24, 2.45) is 0 Å². The first-order valence-electron chi connectivity index (χ1n) is 10.6. The van der Waals surface area contributed by atoms with E-state index in [0.29, 0.717) is 12.2 Å². The van der Waals surface area contributed by atoms with Gasteiger partial charge in [-0.3, -0.25) is 4.90 Å². The van der Waals surface area contributed by atoms with Gasteiger partial charge in [0.1, 0.15) is 12.0 Å². The smallest absolute Gasteiger partial charge is 0.338 e. The van der Waals surface area contributed by atoms with Gasteiger partial charge in [0.15, 0.2) is 0 Å². The van der Waals surface area contributed by atoms with Crippen molar-refractivity contribution in [1.29, 1.82) is 0 Å². The zero-order valence-electron chi connectivity index (χ0n) is 17.5. The first kappa shape index (κ1) is 18.9. The largest absolute Gasteiger partial charge is 0.463 e. The van der Waals surface area contributed by atoms with Crippen LogP contribution in [-0.2, 0) is 9.53 Å². The van der Waals surface area contributed by atoms with Gasteiger partial charge in [-0.2, -0.15) is 0 Å². The van der Waals surface area contributed by atoms with E-state index in [0.717, 1.165) is 61.0 Å². The molecule has 0 spiro atoms. The minimum absolute atomic E-state index is 0.288. The average Bonchev–Trinajstić information content (AvgIpc) is 3.02. The van der Waals surface area contributed by atoms with Crippen LogP contribution < -0.4 is 15.1 Å². The summed E-state index contributed by atoms with van der Waals surface area (Å²) >= 11 is 0. The van der Waals surface area contributed by atoms with Gasteiger partial charge >= 0.3 is 5.97 Å². The number of fused-ring (bicyclic) bond motifs is 5.